The minimum Gasteiger partial charge on any atom is -0.368 e. The predicted molar refractivity (Wildman–Crippen MR) is 99.5 cm³/mol. The largest absolute Gasteiger partial charge is 0.368 e. The van der Waals surface area contributed by atoms with Gasteiger partial charge in [-0.3, -0.25) is 4.98 Å². The van der Waals surface area contributed by atoms with Gasteiger partial charge < -0.3 is 15.6 Å². The molecule has 1 aliphatic carbocycles. The van der Waals surface area contributed by atoms with Crippen LogP contribution in [0.2, 0.25) is 0 Å². The second-order valence-corrected chi connectivity index (χ2v) is 6.07. The lowest BCUT2D eigenvalue weighted by atomic mass is 10.00. The molecule has 0 saturated carbocycles. The lowest BCUT2D eigenvalue weighted by Crippen LogP contribution is -2.23. The van der Waals surface area contributed by atoms with Crippen LogP contribution in [0.3, 0.4) is 0 Å². The molecule has 0 bridgehead atoms. The Morgan fingerprint density at radius 3 is 2.88 bits per heavy atom. The van der Waals surface area contributed by atoms with Crippen molar-refractivity contribution in [1.82, 2.24) is 19.5 Å². The van der Waals surface area contributed by atoms with Gasteiger partial charge in [-0.05, 0) is 42.7 Å². The van der Waals surface area contributed by atoms with Crippen LogP contribution in [0.4, 0.5) is 11.8 Å². The highest BCUT2D eigenvalue weighted by Gasteiger charge is 2.18. The smallest absolute Gasteiger partial charge is 0.222 e. The molecule has 6 heteroatoms. The fraction of sp³-hybridized carbons (Fsp3) is 0.211. The second-order valence-electron chi connectivity index (χ2n) is 6.07. The molecule has 0 fully saturated rings. The average molecular weight is 332 g/mol. The van der Waals surface area contributed by atoms with Crippen LogP contribution in [-0.4, -0.2) is 25.6 Å². The van der Waals surface area contributed by atoms with Crippen LogP contribution in [-0.2, 0) is 12.8 Å². The summed E-state index contributed by atoms with van der Waals surface area (Å²) in [4.78, 5) is 12.6. The number of anilines is 2. The number of hydrogen-bond acceptors (Lipinski definition) is 5. The van der Waals surface area contributed by atoms with E-state index < -0.39 is 0 Å². The van der Waals surface area contributed by atoms with Gasteiger partial charge in [0.1, 0.15) is 5.82 Å². The van der Waals surface area contributed by atoms with Crippen LogP contribution in [0.5, 0.6) is 0 Å². The molecule has 1 aliphatic rings. The summed E-state index contributed by atoms with van der Waals surface area (Å²) in [5, 5.41) is 3.45. The zero-order chi connectivity index (χ0) is 17.2. The minimum atomic E-state index is 0.180. The topological polar surface area (TPSA) is 81.7 Å². The van der Waals surface area contributed by atoms with Gasteiger partial charge in [-0.25, -0.2) is 4.98 Å². The summed E-state index contributed by atoms with van der Waals surface area (Å²) in [5.74, 6) is 1.09. The monoisotopic (exact) mass is 332 g/mol. The molecule has 0 saturated heterocycles. The molecule has 1 unspecified atom stereocenters. The summed E-state index contributed by atoms with van der Waals surface area (Å²) >= 11 is 0. The first-order valence-corrected chi connectivity index (χ1v) is 8.41. The number of aromatic nitrogens is 4. The van der Waals surface area contributed by atoms with E-state index in [1.54, 1.807) is 0 Å². The lowest BCUT2D eigenvalue weighted by Gasteiger charge is -2.20. The van der Waals surface area contributed by atoms with Gasteiger partial charge in [-0.15, -0.1) is 0 Å². The number of nitrogens with one attached hydrogen (secondary N) is 1. The third-order valence-electron chi connectivity index (χ3n) is 4.37. The van der Waals surface area contributed by atoms with E-state index >= 15 is 0 Å². The molecule has 0 amide bonds. The molecule has 126 valence electrons. The van der Waals surface area contributed by atoms with E-state index in [0.717, 1.165) is 30.0 Å². The quantitative estimate of drug-likeness (QED) is 0.768. The normalized spacial score (nSPS) is 15.8. The third-order valence-corrected chi connectivity index (χ3v) is 4.37. The van der Waals surface area contributed by atoms with E-state index in [0.29, 0.717) is 5.95 Å². The molecule has 3 aromatic heterocycles. The van der Waals surface area contributed by atoms with Gasteiger partial charge in [0.15, 0.2) is 0 Å². The maximum Gasteiger partial charge on any atom is 0.222 e. The number of fused-ring (bicyclic) bond motifs is 1. The Labute approximate surface area is 146 Å². The maximum atomic E-state index is 5.80. The van der Waals surface area contributed by atoms with Gasteiger partial charge in [0.2, 0.25) is 5.95 Å². The maximum absolute atomic E-state index is 5.80. The van der Waals surface area contributed by atoms with Crippen molar-refractivity contribution in [3.8, 4) is 5.69 Å². The van der Waals surface area contributed by atoms with Crippen LogP contribution in [0.25, 0.3) is 11.8 Å². The van der Waals surface area contributed by atoms with E-state index in [9.17, 15) is 0 Å². The van der Waals surface area contributed by atoms with Crippen molar-refractivity contribution in [1.29, 1.82) is 0 Å². The summed E-state index contributed by atoms with van der Waals surface area (Å²) in [6, 6.07) is 8.32. The van der Waals surface area contributed by atoms with Crippen LogP contribution in [0.15, 0.2) is 48.9 Å². The van der Waals surface area contributed by atoms with Crippen molar-refractivity contribution < 1.29 is 0 Å². The van der Waals surface area contributed by atoms with Gasteiger partial charge in [-0.2, -0.15) is 4.98 Å². The van der Waals surface area contributed by atoms with Gasteiger partial charge in [0.25, 0.3) is 0 Å². The minimum absolute atomic E-state index is 0.180. The SMILES string of the molecule is CCc1cc(NC2C=Cc3c(ccn3-c3ccncc3)C2)nc(N)n1. The molecule has 0 spiro atoms. The molecule has 3 N–H and O–H groups in total. The highest BCUT2D eigenvalue weighted by atomic mass is 15.1. The van der Waals surface area contributed by atoms with Crippen LogP contribution in [0.1, 0.15) is 23.9 Å². The standard InChI is InChI=1S/C19H20N6/c1-2-14-12-18(24-19(20)23-14)22-15-3-4-17-13(11-15)7-10-25(17)16-5-8-21-9-6-16/h3-10,12,15H,2,11H2,1H3,(H3,20,22,23,24). The Balaban J connectivity index is 1.56. The van der Waals surface area contributed by atoms with Gasteiger partial charge >= 0.3 is 0 Å². The van der Waals surface area contributed by atoms with Gasteiger partial charge in [-0.1, -0.05) is 13.0 Å². The van der Waals surface area contributed by atoms with Crippen molar-refractivity contribution >= 4 is 17.8 Å². The Morgan fingerprint density at radius 1 is 1.24 bits per heavy atom. The Kier molecular flexibility index (Phi) is 3.93. The summed E-state index contributed by atoms with van der Waals surface area (Å²) in [6.07, 6.45) is 11.8. The first kappa shape index (κ1) is 15.4. The first-order chi connectivity index (χ1) is 12.2. The molecule has 1 atom stereocenters. The highest BCUT2D eigenvalue weighted by Crippen LogP contribution is 2.25. The fourth-order valence-electron chi connectivity index (χ4n) is 3.15. The summed E-state index contributed by atoms with van der Waals surface area (Å²) < 4.78 is 2.18. The molecule has 6 nitrogen and oxygen atoms in total. The third kappa shape index (κ3) is 3.10. The number of nitrogen functional groups attached to an aromatic ring is 1. The molecule has 0 aliphatic heterocycles. The molecule has 4 rings (SSSR count). The molecular weight excluding hydrogens is 312 g/mol. The lowest BCUT2D eigenvalue weighted by molar-refractivity contribution is 0.838. The predicted octanol–water partition coefficient (Wildman–Crippen LogP) is 2.86. The van der Waals surface area contributed by atoms with Crippen molar-refractivity contribution in [2.45, 2.75) is 25.8 Å². The molecule has 3 aromatic rings. The zero-order valence-electron chi connectivity index (χ0n) is 14.1. The molecule has 25 heavy (non-hydrogen) atoms. The number of hydrogen-bond donors (Lipinski definition) is 2. The van der Waals surface area contributed by atoms with Gasteiger partial charge in [0.05, 0.1) is 6.04 Å². The summed E-state index contributed by atoms with van der Waals surface area (Å²) in [7, 11) is 0. The van der Waals surface area contributed by atoms with Crippen molar-refractivity contribution in [2.24, 2.45) is 0 Å². The Hall–Kier alpha value is -3.15. The second kappa shape index (κ2) is 6.39. The number of nitrogens with two attached hydrogens (primary N) is 1. The number of nitrogens with zero attached hydrogens (tertiary/aromatic N) is 4. The van der Waals surface area contributed by atoms with E-state index in [2.05, 4.69) is 56.2 Å². The highest BCUT2D eigenvalue weighted by molar-refractivity contribution is 5.59. The van der Waals surface area contributed by atoms with Crippen LogP contribution in [0, 0.1) is 0 Å². The van der Waals surface area contributed by atoms with Crippen molar-refractivity contribution in [2.75, 3.05) is 11.1 Å². The van der Waals surface area contributed by atoms with Crippen LogP contribution < -0.4 is 11.1 Å². The number of aryl methyl sites for hydroxylation is 1. The number of pyridine rings is 1. The van der Waals surface area contributed by atoms with E-state index in [1.807, 2.05) is 30.6 Å². The fourth-order valence-corrected chi connectivity index (χ4v) is 3.15. The van der Waals surface area contributed by atoms with Crippen molar-refractivity contribution in [3.63, 3.8) is 0 Å². The van der Waals surface area contributed by atoms with E-state index in [1.165, 1.54) is 11.3 Å². The van der Waals surface area contributed by atoms with Crippen LogP contribution >= 0.6 is 0 Å². The zero-order valence-corrected chi connectivity index (χ0v) is 14.1. The van der Waals surface area contributed by atoms with Gasteiger partial charge in [0, 0.05) is 41.7 Å². The summed E-state index contributed by atoms with van der Waals surface area (Å²) in [6.45, 7) is 2.06. The average Bonchev–Trinajstić information content (AvgIpc) is 3.05. The van der Waals surface area contributed by atoms with Crippen molar-refractivity contribution in [3.05, 3.63) is 65.9 Å². The van der Waals surface area contributed by atoms with E-state index in [-0.39, 0.29) is 6.04 Å². The molecule has 0 aromatic carbocycles. The Morgan fingerprint density at radius 2 is 2.08 bits per heavy atom. The molecule has 3 heterocycles. The number of rotatable bonds is 4. The summed E-state index contributed by atoms with van der Waals surface area (Å²) in [5.41, 5.74) is 10.4. The first-order valence-electron chi connectivity index (χ1n) is 8.41. The Bertz CT molecular complexity index is 913. The molecule has 0 radical (unpaired) electrons. The molecular formula is C19H20N6. The van der Waals surface area contributed by atoms with E-state index in [4.69, 9.17) is 5.73 Å².